The third-order valence-electron chi connectivity index (χ3n) is 11.1. The number of carbonyl (C=O) groups is 3. The Kier molecular flexibility index (Phi) is 5.73. The Morgan fingerprint density at radius 2 is 1.74 bits per heavy atom. The Labute approximate surface area is 208 Å². The summed E-state index contributed by atoms with van der Waals surface area (Å²) in [5.74, 6) is -0.438. The first-order chi connectivity index (χ1) is 16.4. The highest BCUT2D eigenvalue weighted by molar-refractivity contribution is 5.98. The van der Waals surface area contributed by atoms with E-state index < -0.39 is 17.4 Å². The fourth-order valence-corrected chi connectivity index (χ4v) is 9.16. The molecule has 0 spiro atoms. The molecule has 2 N–H and O–H groups in total. The van der Waals surface area contributed by atoms with Crippen LogP contribution in [0.25, 0.3) is 0 Å². The Balaban J connectivity index is 1.57. The molecule has 5 nitrogen and oxygen atoms in total. The number of aliphatic carboxylic acids is 2. The van der Waals surface area contributed by atoms with Gasteiger partial charge in [0.05, 0.1) is 5.41 Å². The standard InChI is InChI=1S/C30H40O5/c1-15-7-9-20(11-22-18(4)25(31)12-21(15)22)30(28(34)35)14-29(5)13-24(30)26-16(2)6-8-19(10-23(26)29)17(3)27(32)33/h15-16,19-21,24H,3,6-14H2,1-2,4-5H3,(H,32,33)(H,34,35)/t15-,16-,19+,20+,21-,24-,29-,30+/m0/s1. The fraction of sp³-hybridized carbons (Fsp3) is 0.700. The summed E-state index contributed by atoms with van der Waals surface area (Å²) in [6, 6.07) is 0. The largest absolute Gasteiger partial charge is 0.481 e. The summed E-state index contributed by atoms with van der Waals surface area (Å²) in [6.45, 7) is 12.5. The van der Waals surface area contributed by atoms with Crippen LogP contribution < -0.4 is 0 Å². The summed E-state index contributed by atoms with van der Waals surface area (Å²) < 4.78 is 0. The van der Waals surface area contributed by atoms with Crippen LogP contribution in [0.5, 0.6) is 0 Å². The number of hydrogen-bond acceptors (Lipinski definition) is 3. The molecule has 0 saturated heterocycles. The molecular formula is C30H40O5. The second-order valence-corrected chi connectivity index (χ2v) is 12.8. The van der Waals surface area contributed by atoms with Gasteiger partial charge in [-0.15, -0.1) is 0 Å². The average Bonchev–Trinajstić information content (AvgIpc) is 3.26. The van der Waals surface area contributed by atoms with Crippen LogP contribution in [0.15, 0.2) is 34.4 Å². The normalized spacial score (nSPS) is 43.0. The van der Waals surface area contributed by atoms with Crippen molar-refractivity contribution in [2.75, 3.05) is 0 Å². The predicted molar refractivity (Wildman–Crippen MR) is 134 cm³/mol. The maximum Gasteiger partial charge on any atom is 0.331 e. The number of fused-ring (bicyclic) bond motifs is 5. The van der Waals surface area contributed by atoms with Gasteiger partial charge in [-0.2, -0.15) is 0 Å². The number of Topliss-reactive ketones (excluding diaryl/α,β-unsaturated/α-hetero) is 1. The first-order valence-electron chi connectivity index (χ1n) is 13.5. The summed E-state index contributed by atoms with van der Waals surface area (Å²) in [6.07, 6.45) is 7.06. The van der Waals surface area contributed by atoms with Gasteiger partial charge in [0.25, 0.3) is 0 Å². The van der Waals surface area contributed by atoms with Gasteiger partial charge in [-0.25, -0.2) is 4.79 Å². The molecule has 5 heteroatoms. The van der Waals surface area contributed by atoms with Crippen LogP contribution >= 0.6 is 0 Å². The molecular weight excluding hydrogens is 440 g/mol. The Morgan fingerprint density at radius 3 is 2.40 bits per heavy atom. The van der Waals surface area contributed by atoms with E-state index in [1.54, 1.807) is 0 Å². The Morgan fingerprint density at radius 1 is 1.03 bits per heavy atom. The van der Waals surface area contributed by atoms with Crippen LogP contribution in [0.4, 0.5) is 0 Å². The van der Waals surface area contributed by atoms with Crippen LogP contribution in [-0.4, -0.2) is 27.9 Å². The molecule has 0 aromatic heterocycles. The van der Waals surface area contributed by atoms with Crippen molar-refractivity contribution in [1.82, 2.24) is 0 Å². The van der Waals surface area contributed by atoms with Gasteiger partial charge in [0, 0.05) is 12.0 Å². The quantitative estimate of drug-likeness (QED) is 0.369. The fourth-order valence-electron chi connectivity index (χ4n) is 9.16. The highest BCUT2D eigenvalue weighted by Gasteiger charge is 2.67. The minimum atomic E-state index is -0.920. The number of hydrogen-bond donors (Lipinski definition) is 2. The molecule has 5 aliphatic rings. The van der Waals surface area contributed by atoms with E-state index in [9.17, 15) is 24.6 Å². The van der Waals surface area contributed by atoms with E-state index in [0.717, 1.165) is 44.1 Å². The Hall–Kier alpha value is -2.17. The van der Waals surface area contributed by atoms with Crippen LogP contribution in [0, 0.1) is 46.3 Å². The van der Waals surface area contributed by atoms with Gasteiger partial charge in [0.1, 0.15) is 0 Å². The maximum absolute atomic E-state index is 13.3. The molecule has 190 valence electrons. The highest BCUT2D eigenvalue weighted by Crippen LogP contribution is 2.72. The first-order valence-corrected chi connectivity index (χ1v) is 13.5. The van der Waals surface area contributed by atoms with Crippen molar-refractivity contribution < 1.29 is 24.6 Å². The lowest BCUT2D eigenvalue weighted by molar-refractivity contribution is -0.156. The van der Waals surface area contributed by atoms with E-state index in [4.69, 9.17) is 0 Å². The smallest absolute Gasteiger partial charge is 0.331 e. The average molecular weight is 481 g/mol. The first kappa shape index (κ1) is 24.5. The van der Waals surface area contributed by atoms with E-state index in [-0.39, 0.29) is 40.8 Å². The van der Waals surface area contributed by atoms with Gasteiger partial charge in [-0.05, 0) is 105 Å². The number of carboxylic acids is 2. The van der Waals surface area contributed by atoms with Gasteiger partial charge in [-0.1, -0.05) is 44.1 Å². The van der Waals surface area contributed by atoms with Crippen molar-refractivity contribution in [3.05, 3.63) is 34.4 Å². The molecule has 2 fully saturated rings. The van der Waals surface area contributed by atoms with Crippen molar-refractivity contribution in [2.45, 2.75) is 85.5 Å². The predicted octanol–water partition coefficient (Wildman–Crippen LogP) is 6.20. The number of carboxylic acid groups (broad SMARTS) is 2. The lowest BCUT2D eigenvalue weighted by atomic mass is 9.57. The number of ketones is 1. The summed E-state index contributed by atoms with van der Waals surface area (Å²) in [5, 5.41) is 20.5. The zero-order chi connectivity index (χ0) is 25.4. The van der Waals surface area contributed by atoms with Crippen molar-refractivity contribution in [2.24, 2.45) is 46.3 Å². The number of rotatable bonds is 4. The molecule has 0 aromatic carbocycles. The zero-order valence-electron chi connectivity index (χ0n) is 21.7. The van der Waals surface area contributed by atoms with Crippen molar-refractivity contribution in [3.8, 4) is 0 Å². The minimum Gasteiger partial charge on any atom is -0.481 e. The topological polar surface area (TPSA) is 91.7 Å². The van der Waals surface area contributed by atoms with E-state index in [1.807, 2.05) is 6.92 Å². The SMILES string of the molecule is C=C(C(=O)O)[C@@H]1CC[C@H](C)C2=C(C1)[C@@]1(C)C[C@@H]2[C@](C(=O)O)([C@@H]2CC[C@H](C)[C@@H]3CC(=O)C(C)=C3C2)C1. The number of allylic oxidation sites excluding steroid dienone is 4. The van der Waals surface area contributed by atoms with Crippen molar-refractivity contribution in [3.63, 3.8) is 0 Å². The van der Waals surface area contributed by atoms with Crippen LogP contribution in [0.1, 0.15) is 85.5 Å². The molecule has 0 aliphatic heterocycles. The van der Waals surface area contributed by atoms with Crippen LogP contribution in [-0.2, 0) is 14.4 Å². The summed E-state index contributed by atoms with van der Waals surface area (Å²) in [7, 11) is 0. The molecule has 0 heterocycles. The minimum absolute atomic E-state index is 0.00158. The van der Waals surface area contributed by atoms with E-state index in [1.165, 1.54) is 16.7 Å². The third kappa shape index (κ3) is 3.43. The molecule has 0 aromatic rings. The molecule has 0 amide bonds. The lowest BCUT2D eigenvalue weighted by Gasteiger charge is -2.45. The summed E-state index contributed by atoms with van der Waals surface area (Å²) in [4.78, 5) is 37.6. The molecule has 0 unspecified atom stereocenters. The van der Waals surface area contributed by atoms with E-state index in [0.29, 0.717) is 30.8 Å². The highest BCUT2D eigenvalue weighted by atomic mass is 16.4. The molecule has 2 saturated carbocycles. The second-order valence-electron chi connectivity index (χ2n) is 12.8. The third-order valence-corrected chi connectivity index (χ3v) is 11.1. The van der Waals surface area contributed by atoms with Gasteiger partial charge in [0.15, 0.2) is 5.78 Å². The van der Waals surface area contributed by atoms with E-state index >= 15 is 0 Å². The molecule has 0 radical (unpaired) electrons. The zero-order valence-corrected chi connectivity index (χ0v) is 21.7. The summed E-state index contributed by atoms with van der Waals surface area (Å²) >= 11 is 0. The monoisotopic (exact) mass is 480 g/mol. The lowest BCUT2D eigenvalue weighted by Crippen LogP contribution is -2.46. The number of carbonyl (C=O) groups excluding carboxylic acids is 1. The van der Waals surface area contributed by atoms with Gasteiger partial charge >= 0.3 is 11.9 Å². The van der Waals surface area contributed by atoms with Gasteiger partial charge in [-0.3, -0.25) is 9.59 Å². The van der Waals surface area contributed by atoms with Gasteiger partial charge < -0.3 is 10.2 Å². The molecule has 2 bridgehead atoms. The van der Waals surface area contributed by atoms with Gasteiger partial charge in [0.2, 0.25) is 0 Å². The molecule has 35 heavy (non-hydrogen) atoms. The Bertz CT molecular complexity index is 1080. The molecule has 5 rings (SSSR count). The van der Waals surface area contributed by atoms with E-state index in [2.05, 4.69) is 27.4 Å². The summed E-state index contributed by atoms with van der Waals surface area (Å²) in [5.41, 5.74) is 4.06. The van der Waals surface area contributed by atoms with Crippen molar-refractivity contribution >= 4 is 17.7 Å². The second kappa shape index (κ2) is 8.18. The molecule has 8 atom stereocenters. The molecule has 5 aliphatic carbocycles. The van der Waals surface area contributed by atoms with Crippen LogP contribution in [0.2, 0.25) is 0 Å². The van der Waals surface area contributed by atoms with Crippen molar-refractivity contribution in [1.29, 1.82) is 0 Å². The maximum atomic E-state index is 13.3. The van der Waals surface area contributed by atoms with Crippen LogP contribution in [0.3, 0.4) is 0 Å².